The summed E-state index contributed by atoms with van der Waals surface area (Å²) in [7, 11) is -1.41. The minimum Gasteiger partial charge on any atom is -0.382 e. The number of H-pyrrole nitrogens is 1. The van der Waals surface area contributed by atoms with Crippen LogP contribution in [0.2, 0.25) is 5.02 Å². The molecule has 0 radical (unpaired) electrons. The van der Waals surface area contributed by atoms with Crippen LogP contribution >= 0.6 is 22.9 Å². The van der Waals surface area contributed by atoms with Gasteiger partial charge >= 0.3 is 0 Å². The topological polar surface area (TPSA) is 114 Å². The maximum Gasteiger partial charge on any atom is 0.153 e. The summed E-state index contributed by atoms with van der Waals surface area (Å²) in [5, 5.41) is 16.7. The van der Waals surface area contributed by atoms with Gasteiger partial charge in [-0.2, -0.15) is 5.10 Å². The number of hydrogen-bond donors (Lipinski definition) is 2. The molecule has 0 aromatic carbocycles. The number of nitrogens with one attached hydrogen (secondary N) is 1. The summed E-state index contributed by atoms with van der Waals surface area (Å²) in [6.07, 6.45) is 6.99. The highest BCUT2D eigenvalue weighted by atomic mass is 35.5. The van der Waals surface area contributed by atoms with Gasteiger partial charge in [-0.15, -0.1) is 11.3 Å². The molecule has 1 aliphatic heterocycles. The second-order valence-corrected chi connectivity index (χ2v) is 10.9. The van der Waals surface area contributed by atoms with Crippen molar-refractivity contribution < 1.29 is 13.5 Å². The van der Waals surface area contributed by atoms with Crippen LogP contribution in [0.1, 0.15) is 11.4 Å². The van der Waals surface area contributed by atoms with Crippen molar-refractivity contribution in [2.45, 2.75) is 12.0 Å². The molecular weight excluding hydrogens is 434 g/mol. The van der Waals surface area contributed by atoms with E-state index in [4.69, 9.17) is 11.6 Å². The van der Waals surface area contributed by atoms with Crippen LogP contribution in [-0.4, -0.2) is 49.8 Å². The highest BCUT2D eigenvalue weighted by molar-refractivity contribution is 7.91. The summed E-state index contributed by atoms with van der Waals surface area (Å²) < 4.78 is 25.4. The van der Waals surface area contributed by atoms with Gasteiger partial charge in [-0.1, -0.05) is 11.6 Å². The van der Waals surface area contributed by atoms with Gasteiger partial charge in [-0.3, -0.25) is 4.68 Å². The highest BCUT2D eigenvalue weighted by Gasteiger charge is 2.44. The van der Waals surface area contributed by atoms with Crippen LogP contribution in [0.15, 0.2) is 30.9 Å². The lowest BCUT2D eigenvalue weighted by Gasteiger charge is -2.16. The fourth-order valence-electron chi connectivity index (χ4n) is 3.62. The molecule has 5 heterocycles. The lowest BCUT2D eigenvalue weighted by atomic mass is 10.1. The number of aromatic amines is 1. The predicted molar refractivity (Wildman–Crippen MR) is 112 cm³/mol. The van der Waals surface area contributed by atoms with E-state index in [0.717, 1.165) is 27.1 Å². The van der Waals surface area contributed by atoms with Gasteiger partial charge in [-0.25, -0.2) is 18.4 Å². The maximum atomic E-state index is 11.8. The number of thiazole rings is 1. The average Bonchev–Trinajstić information content (AvgIpc) is 3.41. The Morgan fingerprint density at radius 1 is 1.31 bits per heavy atom. The molecule has 29 heavy (non-hydrogen) atoms. The van der Waals surface area contributed by atoms with Gasteiger partial charge in [0.15, 0.2) is 9.84 Å². The van der Waals surface area contributed by atoms with Crippen molar-refractivity contribution in [1.29, 1.82) is 0 Å². The molecule has 1 aliphatic rings. The van der Waals surface area contributed by atoms with Crippen LogP contribution < -0.4 is 0 Å². The minimum absolute atomic E-state index is 0.0368. The molecule has 0 saturated carbocycles. The van der Waals surface area contributed by atoms with E-state index in [0.29, 0.717) is 15.7 Å². The number of rotatable bonds is 3. The number of nitrogens with zero attached hydrogens (tertiary/aromatic N) is 4. The van der Waals surface area contributed by atoms with Crippen LogP contribution in [0.3, 0.4) is 0 Å². The predicted octanol–water partition coefficient (Wildman–Crippen LogP) is 2.75. The number of aromatic nitrogens is 5. The third-order valence-electron chi connectivity index (χ3n) is 5.06. The van der Waals surface area contributed by atoms with Gasteiger partial charge in [-0.05, 0) is 12.5 Å². The lowest BCUT2D eigenvalue weighted by Crippen LogP contribution is -2.26. The molecule has 1 fully saturated rings. The molecule has 2 N–H and O–H groups in total. The Bertz CT molecular complexity index is 1360. The quantitative estimate of drug-likeness (QED) is 0.497. The summed E-state index contributed by atoms with van der Waals surface area (Å²) in [4.78, 5) is 12.7. The molecule has 1 atom stereocenters. The van der Waals surface area contributed by atoms with E-state index in [1.54, 1.807) is 23.3 Å². The number of aliphatic hydroxyl groups is 1. The lowest BCUT2D eigenvalue weighted by molar-refractivity contribution is 0.0650. The van der Waals surface area contributed by atoms with Crippen molar-refractivity contribution in [3.63, 3.8) is 0 Å². The number of hydrogen-bond acceptors (Lipinski definition) is 7. The average molecular weight is 450 g/mol. The summed E-state index contributed by atoms with van der Waals surface area (Å²) >= 11 is 7.73. The van der Waals surface area contributed by atoms with Crippen molar-refractivity contribution in [2.75, 3.05) is 11.5 Å². The molecule has 1 saturated heterocycles. The van der Waals surface area contributed by atoms with E-state index in [9.17, 15) is 13.5 Å². The molecule has 5 rings (SSSR count). The van der Waals surface area contributed by atoms with Crippen LogP contribution in [0, 0.1) is 0 Å². The van der Waals surface area contributed by atoms with Gasteiger partial charge in [0.05, 0.1) is 33.3 Å². The van der Waals surface area contributed by atoms with Gasteiger partial charge in [0, 0.05) is 42.2 Å². The number of fused-ring (bicyclic) bond motifs is 1. The van der Waals surface area contributed by atoms with E-state index in [2.05, 4.69) is 20.1 Å². The number of aryl methyl sites for hydroxylation is 1. The zero-order valence-corrected chi connectivity index (χ0v) is 17.6. The molecule has 150 valence electrons. The normalized spacial score (nSPS) is 21.2. The Kier molecular flexibility index (Phi) is 4.11. The Morgan fingerprint density at radius 3 is 2.83 bits per heavy atom. The fraction of sp³-hybridized carbons (Fsp3) is 0.278. The van der Waals surface area contributed by atoms with Crippen molar-refractivity contribution in [3.8, 4) is 21.7 Å². The van der Waals surface area contributed by atoms with Crippen molar-refractivity contribution in [3.05, 3.63) is 40.9 Å². The molecule has 4 aromatic heterocycles. The molecule has 11 heteroatoms. The summed E-state index contributed by atoms with van der Waals surface area (Å²) in [6, 6.07) is 1.95. The standard InChI is InChI=1S/C18H16ClN5O3S2/c1-24-8-10(5-22-24)13-4-11-15(12(19)6-20-16(11)23-13)14-7-21-17(28-14)18(25)2-3-29(26,27)9-18/h4-8,25H,2-3,9H2,1H3,(H,20,23). The largest absolute Gasteiger partial charge is 0.382 e. The van der Waals surface area contributed by atoms with Gasteiger partial charge in [0.1, 0.15) is 16.3 Å². The third kappa shape index (κ3) is 3.16. The van der Waals surface area contributed by atoms with Crippen molar-refractivity contribution in [1.82, 2.24) is 24.7 Å². The Hall–Kier alpha value is -2.27. The SMILES string of the molecule is Cn1cc(-c2cc3c(-c4cnc(C5(O)CCS(=O)(=O)C5)s4)c(Cl)cnc3[nH]2)cn1. The second kappa shape index (κ2) is 6.36. The first kappa shape index (κ1) is 18.7. The zero-order chi connectivity index (χ0) is 20.4. The van der Waals surface area contributed by atoms with Crippen LogP contribution in [0.25, 0.3) is 32.7 Å². The van der Waals surface area contributed by atoms with Crippen molar-refractivity contribution >= 4 is 43.8 Å². The molecule has 0 aliphatic carbocycles. The number of sulfone groups is 1. The zero-order valence-electron chi connectivity index (χ0n) is 15.3. The molecule has 8 nitrogen and oxygen atoms in total. The van der Waals surface area contributed by atoms with Crippen LogP contribution in [-0.2, 0) is 22.5 Å². The summed E-state index contributed by atoms with van der Waals surface area (Å²) in [5.74, 6) is -0.341. The molecule has 1 unspecified atom stereocenters. The third-order valence-corrected chi connectivity index (χ3v) is 8.30. The second-order valence-electron chi connectivity index (χ2n) is 7.23. The van der Waals surface area contributed by atoms with Crippen LogP contribution in [0.5, 0.6) is 0 Å². The number of halogens is 1. The molecule has 0 amide bonds. The fourth-order valence-corrected chi connectivity index (χ4v) is 6.93. The van der Waals surface area contributed by atoms with E-state index in [1.165, 1.54) is 11.3 Å². The van der Waals surface area contributed by atoms with Crippen molar-refractivity contribution in [2.24, 2.45) is 7.05 Å². The highest BCUT2D eigenvalue weighted by Crippen LogP contribution is 2.42. The van der Waals surface area contributed by atoms with E-state index in [-0.39, 0.29) is 17.9 Å². The van der Waals surface area contributed by atoms with Crippen LogP contribution in [0.4, 0.5) is 0 Å². The first-order chi connectivity index (χ1) is 13.7. The minimum atomic E-state index is -3.26. The van der Waals surface area contributed by atoms with Gasteiger partial charge in [0.2, 0.25) is 0 Å². The monoisotopic (exact) mass is 449 g/mol. The van der Waals surface area contributed by atoms with E-state index < -0.39 is 15.4 Å². The smallest absolute Gasteiger partial charge is 0.153 e. The van der Waals surface area contributed by atoms with Gasteiger partial charge < -0.3 is 10.1 Å². The molecule has 0 bridgehead atoms. The summed E-state index contributed by atoms with van der Waals surface area (Å²) in [5.41, 5.74) is 1.74. The van der Waals surface area contributed by atoms with Gasteiger partial charge in [0.25, 0.3) is 0 Å². The molecule has 0 spiro atoms. The molecule has 4 aromatic rings. The summed E-state index contributed by atoms with van der Waals surface area (Å²) in [6.45, 7) is 0. The molecular formula is C18H16ClN5O3S2. The number of pyridine rings is 1. The first-order valence-electron chi connectivity index (χ1n) is 8.80. The Morgan fingerprint density at radius 2 is 2.14 bits per heavy atom. The van der Waals surface area contributed by atoms with E-state index >= 15 is 0 Å². The van der Waals surface area contributed by atoms with E-state index in [1.807, 2.05) is 19.3 Å². The first-order valence-corrected chi connectivity index (χ1v) is 11.8. The maximum absolute atomic E-state index is 11.8. The Labute approximate surface area is 175 Å². The Balaban J connectivity index is 1.61.